The number of benzene rings is 2. The zero-order valence-corrected chi connectivity index (χ0v) is 12.8. The van der Waals surface area contributed by atoms with Crippen molar-refractivity contribution in [1.29, 1.82) is 0 Å². The van der Waals surface area contributed by atoms with Gasteiger partial charge in [-0.15, -0.1) is 0 Å². The van der Waals surface area contributed by atoms with Gasteiger partial charge >= 0.3 is 0 Å². The maximum atomic E-state index is 12.0. The van der Waals surface area contributed by atoms with Gasteiger partial charge in [0.25, 0.3) is 0 Å². The quantitative estimate of drug-likeness (QED) is 0.906. The van der Waals surface area contributed by atoms with Gasteiger partial charge in [-0.1, -0.05) is 59.7 Å². The first kappa shape index (κ1) is 15.3. The molecule has 2 aromatic rings. The lowest BCUT2D eigenvalue weighted by molar-refractivity contribution is -0.122. The Morgan fingerprint density at radius 1 is 1.00 bits per heavy atom. The molecule has 3 nitrogen and oxygen atoms in total. The number of hydrogen-bond acceptors (Lipinski definition) is 2. The highest BCUT2D eigenvalue weighted by atomic mass is 16.2. The molecule has 0 saturated heterocycles. The van der Waals surface area contributed by atoms with Gasteiger partial charge in [0, 0.05) is 0 Å². The lowest BCUT2D eigenvalue weighted by Gasteiger charge is -2.22. The van der Waals surface area contributed by atoms with Crippen LogP contribution in [0.2, 0.25) is 0 Å². The van der Waals surface area contributed by atoms with Crippen LogP contribution in [0.1, 0.15) is 35.2 Å². The van der Waals surface area contributed by atoms with Crippen molar-refractivity contribution in [1.82, 2.24) is 5.32 Å². The highest BCUT2D eigenvalue weighted by Gasteiger charge is 2.18. The average molecular weight is 282 g/mol. The second kappa shape index (κ2) is 6.55. The first-order valence-corrected chi connectivity index (χ1v) is 7.16. The van der Waals surface area contributed by atoms with Crippen molar-refractivity contribution < 1.29 is 4.79 Å². The molecule has 3 heteroatoms. The van der Waals surface area contributed by atoms with Gasteiger partial charge in [0.2, 0.25) is 5.91 Å². The van der Waals surface area contributed by atoms with E-state index in [0.717, 1.165) is 11.1 Å². The molecule has 1 amide bonds. The molecule has 0 radical (unpaired) electrons. The maximum Gasteiger partial charge on any atom is 0.237 e. The lowest BCUT2D eigenvalue weighted by atomic mass is 9.96. The van der Waals surface area contributed by atoms with Crippen LogP contribution in [0.25, 0.3) is 0 Å². The summed E-state index contributed by atoms with van der Waals surface area (Å²) in [6.07, 6.45) is 0. The second-order valence-corrected chi connectivity index (χ2v) is 5.56. The van der Waals surface area contributed by atoms with E-state index >= 15 is 0 Å². The number of hydrogen-bond donors (Lipinski definition) is 2. The molecule has 21 heavy (non-hydrogen) atoms. The largest absolute Gasteiger partial charge is 0.344 e. The van der Waals surface area contributed by atoms with Crippen LogP contribution >= 0.6 is 0 Å². The first-order chi connectivity index (χ1) is 9.97. The van der Waals surface area contributed by atoms with Crippen molar-refractivity contribution in [3.63, 3.8) is 0 Å². The third-order valence-corrected chi connectivity index (χ3v) is 3.45. The topological polar surface area (TPSA) is 55.1 Å². The van der Waals surface area contributed by atoms with E-state index in [-0.39, 0.29) is 11.9 Å². The fourth-order valence-corrected chi connectivity index (χ4v) is 2.33. The monoisotopic (exact) mass is 282 g/mol. The number of rotatable bonds is 4. The highest BCUT2D eigenvalue weighted by Crippen LogP contribution is 2.23. The molecule has 0 aliphatic heterocycles. The third kappa shape index (κ3) is 3.92. The minimum absolute atomic E-state index is 0.150. The predicted molar refractivity (Wildman–Crippen MR) is 86.0 cm³/mol. The van der Waals surface area contributed by atoms with Gasteiger partial charge in [0.1, 0.15) is 0 Å². The molecule has 0 aromatic heterocycles. The Morgan fingerprint density at radius 3 is 1.86 bits per heavy atom. The summed E-state index contributed by atoms with van der Waals surface area (Å²) >= 11 is 0. The van der Waals surface area contributed by atoms with Gasteiger partial charge in [-0.05, 0) is 31.9 Å². The summed E-state index contributed by atoms with van der Waals surface area (Å²) in [6.45, 7) is 5.78. The fraction of sp³-hybridized carbons (Fsp3) is 0.278. The lowest BCUT2D eigenvalue weighted by Crippen LogP contribution is -2.40. The number of carbonyl (C=O) groups is 1. The van der Waals surface area contributed by atoms with Crippen LogP contribution in [0.4, 0.5) is 0 Å². The zero-order chi connectivity index (χ0) is 15.4. The van der Waals surface area contributed by atoms with Crippen molar-refractivity contribution in [2.75, 3.05) is 0 Å². The van der Waals surface area contributed by atoms with Crippen LogP contribution in [-0.4, -0.2) is 11.9 Å². The number of nitrogens with one attached hydrogen (secondary N) is 1. The van der Waals surface area contributed by atoms with E-state index in [1.54, 1.807) is 6.92 Å². The minimum Gasteiger partial charge on any atom is -0.344 e. The van der Waals surface area contributed by atoms with Gasteiger partial charge in [-0.2, -0.15) is 0 Å². The Morgan fingerprint density at radius 2 is 1.48 bits per heavy atom. The van der Waals surface area contributed by atoms with Crippen LogP contribution in [-0.2, 0) is 4.79 Å². The Bertz CT molecular complexity index is 589. The summed E-state index contributed by atoms with van der Waals surface area (Å²) in [5.74, 6) is -0.150. The van der Waals surface area contributed by atoms with Crippen molar-refractivity contribution in [3.05, 3.63) is 70.8 Å². The van der Waals surface area contributed by atoms with Crippen molar-refractivity contribution in [2.45, 2.75) is 32.9 Å². The molecule has 3 N–H and O–H groups in total. The number of nitrogens with two attached hydrogens (primary N) is 1. The Hall–Kier alpha value is -2.13. The molecule has 1 atom stereocenters. The molecule has 0 aliphatic carbocycles. The van der Waals surface area contributed by atoms with Crippen molar-refractivity contribution in [3.8, 4) is 0 Å². The standard InChI is InChI=1S/C18H22N2O/c1-12-6-4-8-15(10-12)17(20-18(21)14(3)19)16-9-5-7-13(2)11-16/h4-11,14,17H,19H2,1-3H3,(H,20,21)/t14-/m0/s1. The fourth-order valence-electron chi connectivity index (χ4n) is 2.33. The molecule has 0 heterocycles. The summed E-state index contributed by atoms with van der Waals surface area (Å²) in [6, 6.07) is 15.6. The summed E-state index contributed by atoms with van der Waals surface area (Å²) < 4.78 is 0. The van der Waals surface area contributed by atoms with Gasteiger partial charge in [-0.3, -0.25) is 4.79 Å². The number of amides is 1. The van der Waals surface area contributed by atoms with Crippen LogP contribution < -0.4 is 11.1 Å². The third-order valence-electron chi connectivity index (χ3n) is 3.45. The first-order valence-electron chi connectivity index (χ1n) is 7.16. The van der Waals surface area contributed by atoms with E-state index in [4.69, 9.17) is 5.73 Å². The molecule has 0 aliphatic rings. The van der Waals surface area contributed by atoms with Gasteiger partial charge in [-0.25, -0.2) is 0 Å². The average Bonchev–Trinajstić information content (AvgIpc) is 2.44. The van der Waals surface area contributed by atoms with Crippen LogP contribution in [0.15, 0.2) is 48.5 Å². The Labute approximate surface area is 126 Å². The van der Waals surface area contributed by atoms with Crippen LogP contribution in [0.5, 0.6) is 0 Å². The SMILES string of the molecule is Cc1cccc(C(NC(=O)[C@H](C)N)c2cccc(C)c2)c1. The number of carbonyl (C=O) groups excluding carboxylic acids is 1. The summed E-state index contributed by atoms with van der Waals surface area (Å²) in [5, 5.41) is 3.04. The molecule has 0 unspecified atom stereocenters. The molecule has 0 fully saturated rings. The highest BCUT2D eigenvalue weighted by molar-refractivity contribution is 5.81. The van der Waals surface area contributed by atoms with Crippen LogP contribution in [0, 0.1) is 13.8 Å². The van der Waals surface area contributed by atoms with Gasteiger partial charge in [0.05, 0.1) is 12.1 Å². The second-order valence-electron chi connectivity index (χ2n) is 5.56. The molecule has 2 aromatic carbocycles. The van der Waals surface area contributed by atoms with E-state index in [9.17, 15) is 4.79 Å². The normalized spacial score (nSPS) is 12.2. The predicted octanol–water partition coefficient (Wildman–Crippen LogP) is 2.86. The zero-order valence-electron chi connectivity index (χ0n) is 12.8. The van der Waals surface area contributed by atoms with Crippen LogP contribution in [0.3, 0.4) is 0 Å². The van der Waals surface area contributed by atoms with Gasteiger partial charge < -0.3 is 11.1 Å². The van der Waals surface area contributed by atoms with E-state index in [1.165, 1.54) is 11.1 Å². The van der Waals surface area contributed by atoms with E-state index in [1.807, 2.05) is 50.2 Å². The van der Waals surface area contributed by atoms with E-state index in [2.05, 4.69) is 17.4 Å². The van der Waals surface area contributed by atoms with Gasteiger partial charge in [0.15, 0.2) is 0 Å². The van der Waals surface area contributed by atoms with Crippen molar-refractivity contribution >= 4 is 5.91 Å². The maximum absolute atomic E-state index is 12.0. The molecular formula is C18H22N2O. The minimum atomic E-state index is -0.526. The van der Waals surface area contributed by atoms with E-state index < -0.39 is 6.04 Å². The molecule has 0 bridgehead atoms. The molecule has 2 rings (SSSR count). The molecule has 110 valence electrons. The molecule has 0 spiro atoms. The summed E-state index contributed by atoms with van der Waals surface area (Å²) in [5.41, 5.74) is 10.2. The van der Waals surface area contributed by atoms with Crippen molar-refractivity contribution in [2.24, 2.45) is 5.73 Å². The summed E-state index contributed by atoms with van der Waals surface area (Å²) in [4.78, 5) is 12.0. The van der Waals surface area contributed by atoms with E-state index in [0.29, 0.717) is 0 Å². The molecule has 0 saturated carbocycles. The summed E-state index contributed by atoms with van der Waals surface area (Å²) in [7, 11) is 0. The Kier molecular flexibility index (Phi) is 4.76. The number of aryl methyl sites for hydroxylation is 2. The smallest absolute Gasteiger partial charge is 0.237 e. The molecular weight excluding hydrogens is 260 g/mol. The Balaban J connectivity index is 2.41.